The molecule has 0 aliphatic carbocycles. The molecule has 0 aromatic heterocycles. The lowest BCUT2D eigenvalue weighted by molar-refractivity contribution is -0.143. The van der Waals surface area contributed by atoms with E-state index < -0.39 is 12.1 Å². The predicted octanol–water partition coefficient (Wildman–Crippen LogP) is 15.7. The lowest BCUT2D eigenvalue weighted by atomic mass is 10.0. The summed E-state index contributed by atoms with van der Waals surface area (Å²) in [5, 5.41) is 23.2. The first-order chi connectivity index (χ1) is 29.0. The minimum Gasteiger partial charge on any atom is -0.466 e. The van der Waals surface area contributed by atoms with Crippen molar-refractivity contribution in [2.75, 3.05) is 13.2 Å². The van der Waals surface area contributed by atoms with E-state index in [1.807, 2.05) is 0 Å². The number of unbranched alkanes of at least 4 members (excludes halogenated alkanes) is 36. The number of aliphatic hydroxyl groups is 2. The van der Waals surface area contributed by atoms with Gasteiger partial charge in [-0.2, -0.15) is 0 Å². The van der Waals surface area contributed by atoms with E-state index in [1.54, 1.807) is 0 Å². The van der Waals surface area contributed by atoms with Crippen LogP contribution in [0.4, 0.5) is 0 Å². The summed E-state index contributed by atoms with van der Waals surface area (Å²) in [5.74, 6) is -0.124. The Kier molecular flexibility index (Phi) is 48.1. The van der Waals surface area contributed by atoms with Gasteiger partial charge in [-0.1, -0.05) is 244 Å². The van der Waals surface area contributed by atoms with Gasteiger partial charge in [-0.15, -0.1) is 0 Å². The molecule has 59 heavy (non-hydrogen) atoms. The molecule has 2 unspecified atom stereocenters. The Hall–Kier alpha value is -1.40. The zero-order valence-corrected chi connectivity index (χ0v) is 39.7. The average Bonchev–Trinajstić information content (AvgIpc) is 3.24. The smallest absolute Gasteiger partial charge is 0.305 e. The Bertz CT molecular complexity index is 878. The van der Waals surface area contributed by atoms with Crippen molar-refractivity contribution in [1.82, 2.24) is 5.32 Å². The molecule has 2 atom stereocenters. The molecule has 0 spiro atoms. The first-order valence-electron chi connectivity index (χ1n) is 26.4. The second kappa shape index (κ2) is 49.3. The topological polar surface area (TPSA) is 95.9 Å². The lowest BCUT2D eigenvalue weighted by Gasteiger charge is -2.22. The molecule has 0 aliphatic heterocycles. The number of rotatable bonds is 49. The van der Waals surface area contributed by atoms with Crippen LogP contribution in [0.15, 0.2) is 12.2 Å². The molecule has 6 heteroatoms. The Labute approximate surface area is 368 Å². The summed E-state index contributed by atoms with van der Waals surface area (Å²) in [4.78, 5) is 24.5. The molecule has 0 radical (unpaired) electrons. The fraction of sp³-hybridized carbons (Fsp3) is 0.925. The summed E-state index contributed by atoms with van der Waals surface area (Å²) in [5.41, 5.74) is 0. The van der Waals surface area contributed by atoms with Crippen molar-refractivity contribution in [3.05, 3.63) is 12.2 Å². The monoisotopic (exact) mass is 834 g/mol. The number of hydrogen-bond donors (Lipinski definition) is 3. The molecular weight excluding hydrogens is 731 g/mol. The van der Waals surface area contributed by atoms with Gasteiger partial charge in [-0.05, 0) is 44.9 Å². The molecule has 350 valence electrons. The zero-order chi connectivity index (χ0) is 43.0. The van der Waals surface area contributed by atoms with Gasteiger partial charge in [0.15, 0.2) is 0 Å². The van der Waals surface area contributed by atoms with E-state index in [9.17, 15) is 19.8 Å². The number of nitrogens with one attached hydrogen (secondary N) is 1. The van der Waals surface area contributed by atoms with Crippen molar-refractivity contribution in [3.8, 4) is 0 Å². The molecule has 3 N–H and O–H groups in total. The summed E-state index contributed by atoms with van der Waals surface area (Å²) in [6, 6.07) is -0.577. The lowest BCUT2D eigenvalue weighted by Crippen LogP contribution is -2.45. The molecule has 0 aromatic rings. The molecule has 0 heterocycles. The van der Waals surface area contributed by atoms with E-state index >= 15 is 0 Å². The van der Waals surface area contributed by atoms with Gasteiger partial charge in [0.1, 0.15) is 0 Å². The molecule has 0 aliphatic rings. The standard InChI is InChI=1S/C53H103NO5/c1-3-5-7-9-11-13-15-17-19-21-23-25-27-31-35-39-43-47-53(58)59-48-44-40-36-32-28-30-34-38-42-46-52(57)54-50(49-55)51(56)45-41-37-33-29-26-24-22-20-18-16-14-12-10-8-6-4-2/h30,34,50-51,55-56H,3-29,31-33,35-49H2,1-2H3,(H,54,57)/b34-30-. The molecular formula is C53H103NO5. The van der Waals surface area contributed by atoms with Gasteiger partial charge in [0.25, 0.3) is 0 Å². The Morgan fingerprint density at radius 1 is 0.458 bits per heavy atom. The van der Waals surface area contributed by atoms with Crippen molar-refractivity contribution >= 4 is 11.9 Å². The highest BCUT2D eigenvalue weighted by molar-refractivity contribution is 5.76. The number of allylic oxidation sites excluding steroid dienone is 2. The Morgan fingerprint density at radius 2 is 0.814 bits per heavy atom. The van der Waals surface area contributed by atoms with Gasteiger partial charge in [-0.3, -0.25) is 9.59 Å². The van der Waals surface area contributed by atoms with Gasteiger partial charge in [0.2, 0.25) is 5.91 Å². The molecule has 6 nitrogen and oxygen atoms in total. The second-order valence-electron chi connectivity index (χ2n) is 18.2. The summed E-state index contributed by atoms with van der Waals surface area (Å²) >= 11 is 0. The molecule has 0 saturated carbocycles. The van der Waals surface area contributed by atoms with E-state index in [0.717, 1.165) is 70.6 Å². The van der Waals surface area contributed by atoms with E-state index in [0.29, 0.717) is 25.9 Å². The second-order valence-corrected chi connectivity index (χ2v) is 18.2. The van der Waals surface area contributed by atoms with Crippen LogP contribution in [0.5, 0.6) is 0 Å². The first-order valence-corrected chi connectivity index (χ1v) is 26.4. The molecule has 0 fully saturated rings. The molecule has 1 amide bonds. The highest BCUT2D eigenvalue weighted by Gasteiger charge is 2.20. The summed E-state index contributed by atoms with van der Waals surface area (Å²) in [7, 11) is 0. The minimum atomic E-state index is -0.694. The van der Waals surface area contributed by atoms with Crippen LogP contribution >= 0.6 is 0 Å². The number of esters is 1. The van der Waals surface area contributed by atoms with Gasteiger partial charge in [0.05, 0.1) is 25.4 Å². The van der Waals surface area contributed by atoms with Crippen LogP contribution in [0.25, 0.3) is 0 Å². The van der Waals surface area contributed by atoms with Crippen LogP contribution in [-0.2, 0) is 14.3 Å². The number of carbonyl (C=O) groups is 2. The van der Waals surface area contributed by atoms with Crippen LogP contribution < -0.4 is 5.32 Å². The summed E-state index contributed by atoms with van der Waals surface area (Å²) in [6.45, 7) is 4.88. The molecule has 0 bridgehead atoms. The Morgan fingerprint density at radius 3 is 1.24 bits per heavy atom. The van der Waals surface area contributed by atoms with Crippen LogP contribution in [0.3, 0.4) is 0 Å². The Balaban J connectivity index is 3.51. The first kappa shape index (κ1) is 57.6. The van der Waals surface area contributed by atoms with Crippen molar-refractivity contribution in [3.63, 3.8) is 0 Å². The van der Waals surface area contributed by atoms with Crippen LogP contribution in [0.2, 0.25) is 0 Å². The van der Waals surface area contributed by atoms with E-state index in [2.05, 4.69) is 31.3 Å². The normalized spacial score (nSPS) is 12.7. The van der Waals surface area contributed by atoms with Gasteiger partial charge < -0.3 is 20.3 Å². The highest BCUT2D eigenvalue weighted by atomic mass is 16.5. The average molecular weight is 834 g/mol. The van der Waals surface area contributed by atoms with Crippen LogP contribution in [-0.4, -0.2) is 47.4 Å². The van der Waals surface area contributed by atoms with E-state index in [4.69, 9.17) is 4.74 Å². The van der Waals surface area contributed by atoms with Crippen molar-refractivity contribution in [1.29, 1.82) is 0 Å². The number of aliphatic hydroxyl groups excluding tert-OH is 2. The summed E-state index contributed by atoms with van der Waals surface area (Å²) < 4.78 is 5.45. The fourth-order valence-electron chi connectivity index (χ4n) is 8.23. The van der Waals surface area contributed by atoms with E-state index in [-0.39, 0.29) is 18.5 Å². The van der Waals surface area contributed by atoms with Crippen molar-refractivity contribution < 1.29 is 24.5 Å². The number of carbonyl (C=O) groups excluding carboxylic acids is 2. The van der Waals surface area contributed by atoms with Gasteiger partial charge in [-0.25, -0.2) is 0 Å². The number of amides is 1. The maximum Gasteiger partial charge on any atom is 0.305 e. The third-order valence-electron chi connectivity index (χ3n) is 12.3. The fourth-order valence-corrected chi connectivity index (χ4v) is 8.23. The zero-order valence-electron chi connectivity index (χ0n) is 39.7. The largest absolute Gasteiger partial charge is 0.466 e. The van der Waals surface area contributed by atoms with E-state index in [1.165, 1.54) is 186 Å². The quantitative estimate of drug-likeness (QED) is 0.0322. The maximum atomic E-state index is 12.4. The van der Waals surface area contributed by atoms with Gasteiger partial charge in [0, 0.05) is 12.8 Å². The van der Waals surface area contributed by atoms with Crippen molar-refractivity contribution in [2.45, 2.75) is 302 Å². The predicted molar refractivity (Wildman–Crippen MR) is 255 cm³/mol. The highest BCUT2D eigenvalue weighted by Crippen LogP contribution is 2.17. The minimum absolute atomic E-state index is 0.0313. The molecule has 0 aromatic carbocycles. The van der Waals surface area contributed by atoms with Crippen molar-refractivity contribution in [2.24, 2.45) is 0 Å². The number of hydrogen-bond acceptors (Lipinski definition) is 5. The maximum absolute atomic E-state index is 12.4. The van der Waals surface area contributed by atoms with Gasteiger partial charge >= 0.3 is 5.97 Å². The SMILES string of the molecule is CCCCCCCCCCCCCCCCCCCC(=O)OCCCCCC/C=C\CCCC(=O)NC(CO)C(O)CCCCCCCCCCCCCCCCCC. The third kappa shape index (κ3) is 45.9. The van der Waals surface area contributed by atoms with Crippen LogP contribution in [0, 0.1) is 0 Å². The molecule has 0 rings (SSSR count). The number of ether oxygens (including phenoxy) is 1. The third-order valence-corrected chi connectivity index (χ3v) is 12.3. The van der Waals surface area contributed by atoms with Crippen LogP contribution in [0.1, 0.15) is 290 Å². The molecule has 0 saturated heterocycles. The summed E-state index contributed by atoms with van der Waals surface area (Å²) in [6.07, 6.45) is 56.2.